The summed E-state index contributed by atoms with van der Waals surface area (Å²) in [6, 6.07) is 4.00. The van der Waals surface area contributed by atoms with Crippen LogP contribution < -0.4 is 10.9 Å². The van der Waals surface area contributed by atoms with Crippen LogP contribution in [-0.2, 0) is 16.1 Å². The van der Waals surface area contributed by atoms with Crippen molar-refractivity contribution < 1.29 is 9.59 Å². The van der Waals surface area contributed by atoms with Gasteiger partial charge in [0, 0.05) is 18.3 Å². The van der Waals surface area contributed by atoms with E-state index in [1.807, 2.05) is 29.5 Å². The molecule has 0 bridgehead atoms. The van der Waals surface area contributed by atoms with Crippen LogP contribution in [-0.4, -0.2) is 30.3 Å². The molecule has 0 unspecified atom stereocenters. The Hall–Kier alpha value is -1.40. The predicted octanol–water partition coefficient (Wildman–Crippen LogP) is 0.347. The zero-order valence-electron chi connectivity index (χ0n) is 9.32. The number of hydrogen-bond acceptors (Lipinski definition) is 4. The molecule has 0 aliphatic heterocycles. The Kier molecular flexibility index (Phi) is 4.94. The van der Waals surface area contributed by atoms with Crippen LogP contribution in [0, 0.1) is 0 Å². The topological polar surface area (TPSA) is 61.4 Å². The quantitative estimate of drug-likeness (QED) is 0.748. The van der Waals surface area contributed by atoms with Gasteiger partial charge in [0.1, 0.15) is 0 Å². The summed E-state index contributed by atoms with van der Waals surface area (Å²) >= 11 is 1.65. The van der Waals surface area contributed by atoms with E-state index in [0.717, 1.165) is 6.54 Å². The lowest BCUT2D eigenvalue weighted by molar-refractivity contribution is -0.128. The van der Waals surface area contributed by atoms with Crippen molar-refractivity contribution in [3.63, 3.8) is 0 Å². The maximum absolute atomic E-state index is 11.3. The number of carbonyl (C=O) groups excluding carboxylic acids is 2. The van der Waals surface area contributed by atoms with Gasteiger partial charge in [-0.25, -0.2) is 0 Å². The fourth-order valence-electron chi connectivity index (χ4n) is 1.17. The summed E-state index contributed by atoms with van der Waals surface area (Å²) in [5.41, 5.74) is 4.56. The zero-order chi connectivity index (χ0) is 12.0. The first kappa shape index (κ1) is 12.7. The van der Waals surface area contributed by atoms with E-state index in [1.54, 1.807) is 11.3 Å². The molecule has 0 aliphatic carbocycles. The Morgan fingerprint density at radius 3 is 2.75 bits per heavy atom. The molecular weight excluding hydrogens is 226 g/mol. The van der Waals surface area contributed by atoms with E-state index in [2.05, 4.69) is 10.9 Å². The Bertz CT molecular complexity index is 351. The van der Waals surface area contributed by atoms with Crippen LogP contribution in [0.25, 0.3) is 0 Å². The molecule has 0 atom stereocenters. The average molecular weight is 241 g/mol. The van der Waals surface area contributed by atoms with Gasteiger partial charge in [-0.05, 0) is 18.5 Å². The van der Waals surface area contributed by atoms with Crippen molar-refractivity contribution in [2.45, 2.75) is 13.5 Å². The number of nitrogens with one attached hydrogen (secondary N) is 2. The molecule has 0 fully saturated rings. The van der Waals surface area contributed by atoms with Crippen LogP contribution >= 0.6 is 11.3 Å². The molecule has 0 saturated heterocycles. The van der Waals surface area contributed by atoms with Crippen LogP contribution in [0.3, 0.4) is 0 Å². The highest BCUT2D eigenvalue weighted by Crippen LogP contribution is 2.10. The van der Waals surface area contributed by atoms with Gasteiger partial charge in [0.25, 0.3) is 5.91 Å². The summed E-state index contributed by atoms with van der Waals surface area (Å²) in [5.74, 6) is -0.511. The van der Waals surface area contributed by atoms with Gasteiger partial charge in [0.2, 0.25) is 5.91 Å². The van der Waals surface area contributed by atoms with E-state index in [-0.39, 0.29) is 18.4 Å². The fourth-order valence-corrected chi connectivity index (χ4v) is 1.95. The zero-order valence-corrected chi connectivity index (χ0v) is 10.1. The molecule has 0 aromatic carbocycles. The molecule has 1 heterocycles. The molecule has 16 heavy (non-hydrogen) atoms. The molecular formula is C10H15N3O2S. The first-order chi connectivity index (χ1) is 7.58. The molecule has 1 rings (SSSR count). The van der Waals surface area contributed by atoms with Crippen LogP contribution in [0.5, 0.6) is 0 Å². The minimum atomic E-state index is -0.283. The highest BCUT2D eigenvalue weighted by Gasteiger charge is 2.07. The second-order valence-corrected chi connectivity index (χ2v) is 4.51. The van der Waals surface area contributed by atoms with Crippen molar-refractivity contribution in [3.05, 3.63) is 22.4 Å². The standard InChI is InChI=1S/C10H15N3O2S/c1-8(14)11-12-10(15)7-13(2)6-9-4-3-5-16-9/h3-5H,6-7H2,1-2H3,(H,11,14)(H,12,15). The van der Waals surface area contributed by atoms with Gasteiger partial charge in [0.15, 0.2) is 0 Å². The lowest BCUT2D eigenvalue weighted by atomic mass is 10.4. The number of thiophene rings is 1. The van der Waals surface area contributed by atoms with E-state index in [9.17, 15) is 9.59 Å². The largest absolute Gasteiger partial charge is 0.292 e. The maximum Gasteiger partial charge on any atom is 0.252 e. The minimum Gasteiger partial charge on any atom is -0.292 e. The Morgan fingerprint density at radius 1 is 1.44 bits per heavy atom. The summed E-state index contributed by atoms with van der Waals surface area (Å²) in [7, 11) is 1.85. The highest BCUT2D eigenvalue weighted by molar-refractivity contribution is 7.09. The average Bonchev–Trinajstić information content (AvgIpc) is 2.67. The molecule has 88 valence electrons. The lowest BCUT2D eigenvalue weighted by Crippen LogP contribution is -2.44. The summed E-state index contributed by atoms with van der Waals surface area (Å²) < 4.78 is 0. The number of nitrogens with zero attached hydrogens (tertiary/aromatic N) is 1. The minimum absolute atomic E-state index is 0.228. The predicted molar refractivity (Wildman–Crippen MR) is 62.6 cm³/mol. The van der Waals surface area contributed by atoms with Crippen molar-refractivity contribution in [1.29, 1.82) is 0 Å². The number of rotatable bonds is 4. The summed E-state index contributed by atoms with van der Waals surface area (Å²) in [4.78, 5) is 25.0. The maximum atomic E-state index is 11.3. The molecule has 0 saturated carbocycles. The van der Waals surface area contributed by atoms with Crippen molar-refractivity contribution in [2.75, 3.05) is 13.6 Å². The second kappa shape index (κ2) is 6.24. The SMILES string of the molecule is CC(=O)NNC(=O)CN(C)Cc1cccs1. The second-order valence-electron chi connectivity index (χ2n) is 3.48. The Morgan fingerprint density at radius 2 is 2.19 bits per heavy atom. The van der Waals surface area contributed by atoms with E-state index < -0.39 is 0 Å². The van der Waals surface area contributed by atoms with Gasteiger partial charge in [-0.15, -0.1) is 11.3 Å². The lowest BCUT2D eigenvalue weighted by Gasteiger charge is -2.15. The fraction of sp³-hybridized carbons (Fsp3) is 0.400. The van der Waals surface area contributed by atoms with Gasteiger partial charge < -0.3 is 0 Å². The molecule has 1 aromatic rings. The number of carbonyl (C=O) groups is 2. The Labute approximate surface area is 98.4 Å². The van der Waals surface area contributed by atoms with Crippen molar-refractivity contribution in [3.8, 4) is 0 Å². The normalized spacial score (nSPS) is 10.2. The summed E-state index contributed by atoms with van der Waals surface area (Å²) in [5, 5.41) is 2.00. The van der Waals surface area contributed by atoms with Crippen LogP contribution in [0.4, 0.5) is 0 Å². The molecule has 0 spiro atoms. The van der Waals surface area contributed by atoms with Crippen LogP contribution in [0.1, 0.15) is 11.8 Å². The number of likely N-dealkylation sites (N-methyl/N-ethyl adjacent to an activating group) is 1. The first-order valence-corrected chi connectivity index (χ1v) is 5.72. The van der Waals surface area contributed by atoms with Gasteiger partial charge in [-0.1, -0.05) is 6.07 Å². The third kappa shape index (κ3) is 4.90. The number of hydrogen-bond donors (Lipinski definition) is 2. The van der Waals surface area contributed by atoms with E-state index in [1.165, 1.54) is 11.8 Å². The summed E-state index contributed by atoms with van der Waals surface area (Å²) in [6.07, 6.45) is 0. The van der Waals surface area contributed by atoms with Crippen LogP contribution in [0.2, 0.25) is 0 Å². The molecule has 0 radical (unpaired) electrons. The molecule has 2 N–H and O–H groups in total. The third-order valence-corrected chi connectivity index (χ3v) is 2.66. The van der Waals surface area contributed by atoms with E-state index in [0.29, 0.717) is 0 Å². The van der Waals surface area contributed by atoms with Gasteiger partial charge >= 0.3 is 0 Å². The third-order valence-electron chi connectivity index (χ3n) is 1.80. The van der Waals surface area contributed by atoms with E-state index in [4.69, 9.17) is 0 Å². The monoisotopic (exact) mass is 241 g/mol. The molecule has 2 amide bonds. The summed E-state index contributed by atoms with van der Waals surface area (Å²) in [6.45, 7) is 2.32. The highest BCUT2D eigenvalue weighted by atomic mass is 32.1. The van der Waals surface area contributed by atoms with Gasteiger partial charge in [0.05, 0.1) is 6.54 Å². The van der Waals surface area contributed by atoms with Gasteiger partial charge in [-0.2, -0.15) is 0 Å². The molecule has 0 aliphatic rings. The van der Waals surface area contributed by atoms with Crippen molar-refractivity contribution >= 4 is 23.2 Å². The van der Waals surface area contributed by atoms with Gasteiger partial charge in [-0.3, -0.25) is 25.3 Å². The van der Waals surface area contributed by atoms with Crippen molar-refractivity contribution in [2.24, 2.45) is 0 Å². The molecule has 6 heteroatoms. The van der Waals surface area contributed by atoms with E-state index >= 15 is 0 Å². The number of amides is 2. The Balaban J connectivity index is 2.25. The van der Waals surface area contributed by atoms with Crippen LogP contribution in [0.15, 0.2) is 17.5 Å². The van der Waals surface area contributed by atoms with Crippen molar-refractivity contribution in [1.82, 2.24) is 15.8 Å². The smallest absolute Gasteiger partial charge is 0.252 e. The molecule has 1 aromatic heterocycles. The first-order valence-electron chi connectivity index (χ1n) is 4.84. The number of hydrazine groups is 1. The molecule has 5 nitrogen and oxygen atoms in total.